The molecule has 2 heterocycles. The van der Waals surface area contributed by atoms with E-state index >= 15 is 0 Å². The number of aliphatic hydroxyl groups excluding tert-OH is 1. The van der Waals surface area contributed by atoms with Crippen LogP contribution in [0.25, 0.3) is 11.2 Å². The number of rotatable bonds is 6. The lowest BCUT2D eigenvalue weighted by atomic mass is 9.85. The van der Waals surface area contributed by atoms with Gasteiger partial charge in [0.2, 0.25) is 17.8 Å². The van der Waals surface area contributed by atoms with E-state index in [0.717, 1.165) is 32.1 Å². The van der Waals surface area contributed by atoms with E-state index in [-0.39, 0.29) is 30.0 Å². The van der Waals surface area contributed by atoms with E-state index in [4.69, 9.17) is 38.9 Å². The second kappa shape index (κ2) is 10.2. The lowest BCUT2D eigenvalue weighted by Crippen LogP contribution is -2.30. The first kappa shape index (κ1) is 24.1. The van der Waals surface area contributed by atoms with Crippen LogP contribution in [0.5, 0.6) is 0 Å². The molecular weight excluding hydrogens is 489 g/mol. The third-order valence-corrected chi connectivity index (χ3v) is 7.71. The standard InChI is InChI=1S/C24H29Cl2N7O2/c25-17-5-2-6-18(26)20(17)31-24-30-19-12-28-23(29-14-3-1-4-16(34)11-14)32-22(19)33(24)15-9-7-13(8-10-15)21(27)35/h2,5-6,12-16,34H,1,3-4,7-11H2,(H2,27,35)(H,30,31)(H,28,29,32)/t13?,14-,15?,16-/m0/s1. The van der Waals surface area contributed by atoms with E-state index in [1.165, 1.54) is 0 Å². The molecule has 1 aromatic carbocycles. The average molecular weight is 518 g/mol. The maximum Gasteiger partial charge on any atom is 0.224 e. The average Bonchev–Trinajstić information content (AvgIpc) is 3.19. The highest BCUT2D eigenvalue weighted by Crippen LogP contribution is 2.39. The van der Waals surface area contributed by atoms with Crippen molar-refractivity contribution in [2.24, 2.45) is 11.7 Å². The molecule has 0 bridgehead atoms. The van der Waals surface area contributed by atoms with Crippen molar-refractivity contribution in [2.75, 3.05) is 10.6 Å². The monoisotopic (exact) mass is 517 g/mol. The smallest absolute Gasteiger partial charge is 0.224 e. The molecule has 2 aliphatic carbocycles. The number of nitrogens with one attached hydrogen (secondary N) is 2. The molecule has 3 aromatic rings. The minimum atomic E-state index is -0.299. The van der Waals surface area contributed by atoms with Crippen LogP contribution in [-0.2, 0) is 4.79 Å². The molecular formula is C24H29Cl2N7O2. The van der Waals surface area contributed by atoms with E-state index < -0.39 is 0 Å². The Morgan fingerprint density at radius 1 is 1.09 bits per heavy atom. The summed E-state index contributed by atoms with van der Waals surface area (Å²) in [5, 5.41) is 17.7. The van der Waals surface area contributed by atoms with Crippen LogP contribution < -0.4 is 16.4 Å². The quantitative estimate of drug-likeness (QED) is 0.368. The number of anilines is 3. The Morgan fingerprint density at radius 2 is 1.83 bits per heavy atom. The normalized spacial score (nSPS) is 24.9. The van der Waals surface area contributed by atoms with Crippen LogP contribution in [0.3, 0.4) is 0 Å². The number of nitrogens with zero attached hydrogens (tertiary/aromatic N) is 4. The van der Waals surface area contributed by atoms with Gasteiger partial charge in [-0.3, -0.25) is 9.36 Å². The van der Waals surface area contributed by atoms with Gasteiger partial charge in [-0.2, -0.15) is 4.98 Å². The number of primary amides is 1. The Bertz CT molecular complexity index is 1210. The Kier molecular flexibility index (Phi) is 7.00. The predicted molar refractivity (Wildman–Crippen MR) is 137 cm³/mol. The molecule has 1 amide bonds. The molecule has 9 nitrogen and oxygen atoms in total. The van der Waals surface area contributed by atoms with E-state index in [0.29, 0.717) is 58.1 Å². The summed E-state index contributed by atoms with van der Waals surface area (Å²) in [5.74, 6) is 0.714. The van der Waals surface area contributed by atoms with Gasteiger partial charge in [0.1, 0.15) is 5.52 Å². The molecule has 2 aliphatic rings. The molecule has 5 N–H and O–H groups in total. The van der Waals surface area contributed by atoms with E-state index in [1.54, 1.807) is 24.4 Å². The summed E-state index contributed by atoms with van der Waals surface area (Å²) in [6.07, 6.45) is 7.80. The van der Waals surface area contributed by atoms with Crippen LogP contribution >= 0.6 is 23.2 Å². The zero-order valence-electron chi connectivity index (χ0n) is 19.3. The Morgan fingerprint density at radius 3 is 2.51 bits per heavy atom. The summed E-state index contributed by atoms with van der Waals surface area (Å²) in [6.45, 7) is 0. The minimum absolute atomic E-state index is 0.0682. The van der Waals surface area contributed by atoms with E-state index in [9.17, 15) is 9.90 Å². The predicted octanol–water partition coefficient (Wildman–Crippen LogP) is 4.81. The van der Waals surface area contributed by atoms with E-state index in [2.05, 4.69) is 20.2 Å². The number of carbonyl (C=O) groups is 1. The third kappa shape index (κ3) is 5.17. The van der Waals surface area contributed by atoms with Gasteiger partial charge in [-0.05, 0) is 63.5 Å². The number of imidazole rings is 1. The van der Waals surface area contributed by atoms with Crippen LogP contribution in [0.4, 0.5) is 17.6 Å². The summed E-state index contributed by atoms with van der Waals surface area (Å²) in [4.78, 5) is 25.8. The van der Waals surface area contributed by atoms with Crippen LogP contribution in [-0.4, -0.2) is 42.7 Å². The van der Waals surface area contributed by atoms with Crippen LogP contribution in [0.2, 0.25) is 10.0 Å². The molecule has 0 radical (unpaired) electrons. The lowest BCUT2D eigenvalue weighted by molar-refractivity contribution is -0.122. The third-order valence-electron chi connectivity index (χ3n) is 7.08. The Balaban J connectivity index is 1.51. The van der Waals surface area contributed by atoms with Crippen LogP contribution in [0.1, 0.15) is 57.4 Å². The second-order valence-corrected chi connectivity index (χ2v) is 10.3. The Hall–Kier alpha value is -2.62. The summed E-state index contributed by atoms with van der Waals surface area (Å²) < 4.78 is 2.06. The van der Waals surface area contributed by atoms with Crippen molar-refractivity contribution in [2.45, 2.75) is 69.6 Å². The van der Waals surface area contributed by atoms with Crippen molar-refractivity contribution in [1.82, 2.24) is 19.5 Å². The maximum absolute atomic E-state index is 11.7. The molecule has 0 saturated heterocycles. The number of amides is 1. The number of hydrogen-bond donors (Lipinski definition) is 4. The maximum atomic E-state index is 11.7. The minimum Gasteiger partial charge on any atom is -0.393 e. The van der Waals surface area contributed by atoms with Crippen molar-refractivity contribution in [3.05, 3.63) is 34.4 Å². The number of fused-ring (bicyclic) bond motifs is 1. The van der Waals surface area contributed by atoms with Crippen molar-refractivity contribution in [3.8, 4) is 0 Å². The van der Waals surface area contributed by atoms with Gasteiger partial charge in [0, 0.05) is 18.0 Å². The van der Waals surface area contributed by atoms with Crippen molar-refractivity contribution in [3.63, 3.8) is 0 Å². The fourth-order valence-electron chi connectivity index (χ4n) is 5.22. The number of carbonyl (C=O) groups excluding carboxylic acids is 1. The van der Waals surface area contributed by atoms with Crippen molar-refractivity contribution in [1.29, 1.82) is 0 Å². The van der Waals surface area contributed by atoms with Crippen LogP contribution in [0, 0.1) is 5.92 Å². The largest absolute Gasteiger partial charge is 0.393 e. The number of aromatic nitrogens is 4. The molecule has 0 aliphatic heterocycles. The summed E-state index contributed by atoms with van der Waals surface area (Å²) in [6, 6.07) is 5.51. The first-order chi connectivity index (χ1) is 16.9. The van der Waals surface area contributed by atoms with Gasteiger partial charge in [0.15, 0.2) is 5.65 Å². The molecule has 2 saturated carbocycles. The molecule has 5 rings (SSSR count). The van der Waals surface area contributed by atoms with Gasteiger partial charge in [-0.1, -0.05) is 29.3 Å². The highest BCUT2D eigenvalue weighted by molar-refractivity contribution is 6.39. The number of hydrogen-bond acceptors (Lipinski definition) is 7. The highest BCUT2D eigenvalue weighted by atomic mass is 35.5. The molecule has 0 unspecified atom stereocenters. The van der Waals surface area contributed by atoms with Crippen molar-refractivity contribution < 1.29 is 9.90 Å². The fourth-order valence-corrected chi connectivity index (χ4v) is 5.71. The Labute approximate surface area is 213 Å². The molecule has 2 aromatic heterocycles. The fraction of sp³-hybridized carbons (Fsp3) is 0.500. The number of benzene rings is 1. The number of nitrogens with two attached hydrogens (primary N) is 1. The highest BCUT2D eigenvalue weighted by Gasteiger charge is 2.30. The molecule has 35 heavy (non-hydrogen) atoms. The number of halogens is 2. The van der Waals surface area contributed by atoms with Gasteiger partial charge < -0.3 is 21.5 Å². The molecule has 11 heteroatoms. The summed E-state index contributed by atoms with van der Waals surface area (Å²) in [5.41, 5.74) is 7.46. The second-order valence-electron chi connectivity index (χ2n) is 9.50. The van der Waals surface area contributed by atoms with Crippen LogP contribution in [0.15, 0.2) is 24.4 Å². The number of para-hydroxylation sites is 1. The van der Waals surface area contributed by atoms with Gasteiger partial charge >= 0.3 is 0 Å². The van der Waals surface area contributed by atoms with E-state index in [1.807, 2.05) is 0 Å². The lowest BCUT2D eigenvalue weighted by Gasteiger charge is -2.29. The summed E-state index contributed by atoms with van der Waals surface area (Å²) >= 11 is 12.8. The molecule has 2 atom stereocenters. The first-order valence-corrected chi connectivity index (χ1v) is 12.8. The molecule has 186 valence electrons. The van der Waals surface area contributed by atoms with Gasteiger partial charge in [-0.15, -0.1) is 0 Å². The van der Waals surface area contributed by atoms with Crippen molar-refractivity contribution >= 4 is 57.9 Å². The zero-order valence-corrected chi connectivity index (χ0v) is 20.8. The zero-order chi connectivity index (χ0) is 24.5. The van der Waals surface area contributed by atoms with Gasteiger partial charge in [-0.25, -0.2) is 9.97 Å². The number of aliphatic hydroxyl groups is 1. The summed E-state index contributed by atoms with van der Waals surface area (Å²) in [7, 11) is 0. The molecule has 2 fully saturated rings. The first-order valence-electron chi connectivity index (χ1n) is 12.1. The van der Waals surface area contributed by atoms with Gasteiger partial charge in [0.25, 0.3) is 0 Å². The van der Waals surface area contributed by atoms with Gasteiger partial charge in [0.05, 0.1) is 28.0 Å². The topological polar surface area (TPSA) is 131 Å². The molecule has 0 spiro atoms. The SMILES string of the molecule is NC(=O)C1CCC(n2c(Nc3c(Cl)cccc3Cl)nc3cnc(N[C@H]4CCC[C@H](O)C4)nc32)CC1.